The van der Waals surface area contributed by atoms with E-state index < -0.39 is 27.3 Å². The fourth-order valence-electron chi connectivity index (χ4n) is 2.63. The zero-order valence-electron chi connectivity index (χ0n) is 10.2. The van der Waals surface area contributed by atoms with Gasteiger partial charge in [-0.1, -0.05) is 0 Å². The van der Waals surface area contributed by atoms with Gasteiger partial charge in [0.2, 0.25) is 10.0 Å². The number of carbonyl (C=O) groups excluding carboxylic acids is 1. The summed E-state index contributed by atoms with van der Waals surface area (Å²) in [5.41, 5.74) is 0. The zero-order chi connectivity index (χ0) is 13.8. The lowest BCUT2D eigenvalue weighted by Crippen LogP contribution is -2.51. The summed E-state index contributed by atoms with van der Waals surface area (Å²) in [6, 6.07) is -1.38. The Kier molecular flexibility index (Phi) is 2.72. The Morgan fingerprint density at radius 1 is 1.32 bits per heavy atom. The Labute approximate surface area is 110 Å². The third-order valence-corrected chi connectivity index (χ3v) is 5.75. The largest absolute Gasteiger partial charge is 0.344 e. The SMILES string of the molecule is N=C(NS(=O)(=O)C1CC1)[C@@H]1CC[C@@H]2CN1C(=O)N2O. The average molecular weight is 288 g/mol. The number of urea groups is 1. The summed E-state index contributed by atoms with van der Waals surface area (Å²) in [5, 5.41) is 17.7. The highest BCUT2D eigenvalue weighted by atomic mass is 32.2. The molecule has 0 radical (unpaired) electrons. The molecular weight excluding hydrogens is 272 g/mol. The lowest BCUT2D eigenvalue weighted by molar-refractivity contribution is -0.0583. The van der Waals surface area contributed by atoms with Crippen molar-refractivity contribution >= 4 is 21.9 Å². The molecular formula is C10H16N4O4S. The first-order valence-electron chi connectivity index (χ1n) is 6.29. The molecule has 3 aliphatic rings. The van der Waals surface area contributed by atoms with Crippen LogP contribution in [0.25, 0.3) is 0 Å². The maximum atomic E-state index is 11.8. The Morgan fingerprint density at radius 2 is 2.00 bits per heavy atom. The van der Waals surface area contributed by atoms with E-state index in [2.05, 4.69) is 4.72 Å². The molecule has 3 fully saturated rings. The van der Waals surface area contributed by atoms with Gasteiger partial charge in [-0.15, -0.1) is 0 Å². The van der Waals surface area contributed by atoms with E-state index in [0.717, 1.165) is 0 Å². The minimum Gasteiger partial charge on any atom is -0.311 e. The second-order valence-corrected chi connectivity index (χ2v) is 7.25. The van der Waals surface area contributed by atoms with Gasteiger partial charge in [-0.3, -0.25) is 15.3 Å². The number of hydrogen-bond acceptors (Lipinski definition) is 5. The molecule has 0 aromatic heterocycles. The van der Waals surface area contributed by atoms with Crippen molar-refractivity contribution in [3.05, 3.63) is 0 Å². The van der Waals surface area contributed by atoms with Gasteiger partial charge in [-0.2, -0.15) is 0 Å². The van der Waals surface area contributed by atoms with Gasteiger partial charge in [0.25, 0.3) is 0 Å². The van der Waals surface area contributed by atoms with Crippen LogP contribution in [0.1, 0.15) is 25.7 Å². The van der Waals surface area contributed by atoms with E-state index in [4.69, 9.17) is 5.41 Å². The predicted octanol–water partition coefficient (Wildman–Crippen LogP) is -0.297. The molecule has 2 heterocycles. The molecule has 8 nitrogen and oxygen atoms in total. The quantitative estimate of drug-likeness (QED) is 0.376. The fraction of sp³-hybridized carbons (Fsp3) is 0.800. The molecule has 0 aromatic rings. The Balaban J connectivity index is 1.72. The van der Waals surface area contributed by atoms with Crippen molar-refractivity contribution < 1.29 is 18.4 Å². The topological polar surface area (TPSA) is 114 Å². The number of rotatable bonds is 3. The van der Waals surface area contributed by atoms with E-state index in [1.54, 1.807) is 0 Å². The van der Waals surface area contributed by atoms with Crippen molar-refractivity contribution in [3.8, 4) is 0 Å². The van der Waals surface area contributed by atoms with Gasteiger partial charge in [0, 0.05) is 6.54 Å². The molecule has 9 heteroatoms. The number of sulfonamides is 1. The third kappa shape index (κ3) is 2.06. The highest BCUT2D eigenvalue weighted by molar-refractivity contribution is 7.91. The lowest BCUT2D eigenvalue weighted by Gasteiger charge is -2.30. The van der Waals surface area contributed by atoms with Crippen LogP contribution in [0.2, 0.25) is 0 Å². The molecule has 1 aliphatic carbocycles. The van der Waals surface area contributed by atoms with Gasteiger partial charge in [0.1, 0.15) is 5.84 Å². The van der Waals surface area contributed by atoms with Crippen LogP contribution in [0.4, 0.5) is 4.79 Å². The lowest BCUT2D eigenvalue weighted by atomic mass is 10.0. The molecule has 2 bridgehead atoms. The molecule has 2 atom stereocenters. The highest BCUT2D eigenvalue weighted by Crippen LogP contribution is 2.30. The van der Waals surface area contributed by atoms with E-state index in [1.807, 2.05) is 0 Å². The van der Waals surface area contributed by atoms with Gasteiger partial charge in [0.05, 0.1) is 17.3 Å². The summed E-state index contributed by atoms with van der Waals surface area (Å²) in [6.45, 7) is 0.341. The third-order valence-electron chi connectivity index (χ3n) is 3.89. The van der Waals surface area contributed by atoms with E-state index in [9.17, 15) is 18.4 Å². The monoisotopic (exact) mass is 288 g/mol. The van der Waals surface area contributed by atoms with Gasteiger partial charge >= 0.3 is 6.03 Å². The summed E-state index contributed by atoms with van der Waals surface area (Å²) in [7, 11) is -3.47. The van der Waals surface area contributed by atoms with Crippen LogP contribution >= 0.6 is 0 Å². The van der Waals surface area contributed by atoms with Crippen LogP contribution in [0.15, 0.2) is 0 Å². The van der Waals surface area contributed by atoms with Crippen LogP contribution in [0, 0.1) is 5.41 Å². The summed E-state index contributed by atoms with van der Waals surface area (Å²) in [5.74, 6) is -0.172. The number of nitrogens with one attached hydrogen (secondary N) is 2. The summed E-state index contributed by atoms with van der Waals surface area (Å²) >= 11 is 0. The molecule has 2 amide bonds. The number of hydroxylamine groups is 2. The molecule has 0 unspecified atom stereocenters. The number of amidine groups is 1. The van der Waals surface area contributed by atoms with Crippen molar-refractivity contribution in [2.45, 2.75) is 43.0 Å². The average Bonchev–Trinajstić information content (AvgIpc) is 3.17. The maximum Gasteiger partial charge on any atom is 0.344 e. The Hall–Kier alpha value is -1.35. The number of hydrogen-bond donors (Lipinski definition) is 3. The number of fused-ring (bicyclic) bond motifs is 2. The summed E-state index contributed by atoms with van der Waals surface area (Å²) in [6.07, 6.45) is 2.31. The minimum absolute atomic E-state index is 0.172. The first-order valence-corrected chi connectivity index (χ1v) is 7.83. The number of carbonyl (C=O) groups is 1. The molecule has 2 saturated heterocycles. The van der Waals surface area contributed by atoms with Gasteiger partial charge in [-0.25, -0.2) is 18.3 Å². The van der Waals surface area contributed by atoms with Crippen molar-refractivity contribution in [2.24, 2.45) is 0 Å². The van der Waals surface area contributed by atoms with Gasteiger partial charge < -0.3 is 4.90 Å². The van der Waals surface area contributed by atoms with Crippen LogP contribution in [0.5, 0.6) is 0 Å². The first kappa shape index (κ1) is 12.7. The summed E-state index contributed by atoms with van der Waals surface area (Å²) in [4.78, 5) is 13.1. The smallest absolute Gasteiger partial charge is 0.311 e. The second kappa shape index (κ2) is 4.07. The van der Waals surface area contributed by atoms with E-state index in [-0.39, 0.29) is 11.9 Å². The molecule has 2 aliphatic heterocycles. The molecule has 0 aromatic carbocycles. The van der Waals surface area contributed by atoms with Gasteiger partial charge in [0.15, 0.2) is 0 Å². The van der Waals surface area contributed by atoms with E-state index in [0.29, 0.717) is 37.3 Å². The van der Waals surface area contributed by atoms with Crippen molar-refractivity contribution in [1.29, 1.82) is 5.41 Å². The first-order chi connectivity index (χ1) is 8.90. The second-order valence-electron chi connectivity index (χ2n) is 5.29. The standard InChI is InChI=1S/C10H16N4O4S/c11-9(12-19(17,18)7-2-3-7)8-4-1-6-5-13(8)10(15)14(6)16/h6-8,16H,1-5H2,(H2,11,12)/t6-,8+/m1/s1. The molecule has 106 valence electrons. The molecule has 3 N–H and O–H groups in total. The molecule has 0 spiro atoms. The number of nitrogens with zero attached hydrogens (tertiary/aromatic N) is 2. The summed E-state index contributed by atoms with van der Waals surface area (Å²) < 4.78 is 25.8. The zero-order valence-corrected chi connectivity index (χ0v) is 11.1. The fourth-order valence-corrected chi connectivity index (χ4v) is 4.00. The van der Waals surface area contributed by atoms with Crippen molar-refractivity contribution in [1.82, 2.24) is 14.7 Å². The highest BCUT2D eigenvalue weighted by Gasteiger charge is 2.47. The van der Waals surface area contributed by atoms with E-state index >= 15 is 0 Å². The van der Waals surface area contributed by atoms with Crippen LogP contribution < -0.4 is 4.72 Å². The van der Waals surface area contributed by atoms with Crippen LogP contribution in [-0.2, 0) is 10.0 Å². The molecule has 1 saturated carbocycles. The number of piperidine rings is 1. The van der Waals surface area contributed by atoms with E-state index in [1.165, 1.54) is 4.90 Å². The molecule has 3 rings (SSSR count). The number of amides is 2. The molecule has 19 heavy (non-hydrogen) atoms. The predicted molar refractivity (Wildman–Crippen MR) is 65.3 cm³/mol. The maximum absolute atomic E-state index is 11.8. The Morgan fingerprint density at radius 3 is 2.63 bits per heavy atom. The van der Waals surface area contributed by atoms with Crippen LogP contribution in [-0.4, -0.2) is 59.3 Å². The van der Waals surface area contributed by atoms with Gasteiger partial charge in [-0.05, 0) is 25.7 Å². The van der Waals surface area contributed by atoms with Crippen molar-refractivity contribution in [2.75, 3.05) is 6.54 Å². The van der Waals surface area contributed by atoms with Crippen LogP contribution in [0.3, 0.4) is 0 Å². The minimum atomic E-state index is -3.47. The van der Waals surface area contributed by atoms with Crippen molar-refractivity contribution in [3.63, 3.8) is 0 Å². The normalized spacial score (nSPS) is 30.7. The Bertz CT molecular complexity index is 530.